The fraction of sp³-hybridized carbons (Fsp3) is 0.333. The van der Waals surface area contributed by atoms with Crippen LogP contribution in [0.5, 0.6) is 0 Å². The van der Waals surface area contributed by atoms with E-state index in [2.05, 4.69) is 5.32 Å². The number of amides is 2. The molecule has 2 amide bonds. The largest absolute Gasteiger partial charge is 0.349 e. The van der Waals surface area contributed by atoms with Gasteiger partial charge in [0.15, 0.2) is 0 Å². The van der Waals surface area contributed by atoms with Crippen LogP contribution in [0.4, 0.5) is 4.39 Å². The maximum atomic E-state index is 13.0. The lowest BCUT2D eigenvalue weighted by Gasteiger charge is -2.32. The number of likely N-dealkylation sites (tertiary alicyclic amines) is 1. The molecule has 1 heterocycles. The molecule has 136 valence electrons. The summed E-state index contributed by atoms with van der Waals surface area (Å²) in [4.78, 5) is 26.8. The Kier molecular flexibility index (Phi) is 5.35. The molecule has 3 rings (SSSR count). The second-order valence-electron chi connectivity index (χ2n) is 6.87. The van der Waals surface area contributed by atoms with Crippen LogP contribution in [0.2, 0.25) is 0 Å². The summed E-state index contributed by atoms with van der Waals surface area (Å²) in [6.07, 6.45) is 1.42. The van der Waals surface area contributed by atoms with E-state index in [9.17, 15) is 14.0 Å². The van der Waals surface area contributed by atoms with E-state index in [1.165, 1.54) is 24.3 Å². The van der Waals surface area contributed by atoms with Crippen molar-refractivity contribution in [2.45, 2.75) is 32.7 Å². The van der Waals surface area contributed by atoms with Gasteiger partial charge in [-0.1, -0.05) is 17.7 Å². The Morgan fingerprint density at radius 2 is 1.69 bits per heavy atom. The number of carbonyl (C=O) groups is 2. The van der Waals surface area contributed by atoms with Gasteiger partial charge < -0.3 is 10.2 Å². The molecule has 0 radical (unpaired) electrons. The molecule has 26 heavy (non-hydrogen) atoms. The van der Waals surface area contributed by atoms with Crippen LogP contribution in [0.3, 0.4) is 0 Å². The molecule has 2 aromatic rings. The summed E-state index contributed by atoms with van der Waals surface area (Å²) in [6, 6.07) is 11.4. The molecule has 4 nitrogen and oxygen atoms in total. The molecule has 1 aliphatic heterocycles. The van der Waals surface area contributed by atoms with Crippen molar-refractivity contribution in [3.05, 3.63) is 70.5 Å². The van der Waals surface area contributed by atoms with Crippen LogP contribution in [0.1, 0.15) is 44.7 Å². The van der Waals surface area contributed by atoms with Crippen LogP contribution in [-0.4, -0.2) is 35.8 Å². The molecule has 0 aliphatic carbocycles. The molecule has 1 N–H and O–H groups in total. The number of halogens is 1. The van der Waals surface area contributed by atoms with Crippen molar-refractivity contribution >= 4 is 11.8 Å². The van der Waals surface area contributed by atoms with Crippen LogP contribution < -0.4 is 5.32 Å². The highest BCUT2D eigenvalue weighted by molar-refractivity contribution is 5.96. The number of aryl methyl sites for hydroxylation is 2. The van der Waals surface area contributed by atoms with Gasteiger partial charge in [-0.25, -0.2) is 4.39 Å². The smallest absolute Gasteiger partial charge is 0.254 e. The molecule has 0 bridgehead atoms. The van der Waals surface area contributed by atoms with Crippen LogP contribution >= 0.6 is 0 Å². The number of nitrogens with zero attached hydrogens (tertiary/aromatic N) is 1. The van der Waals surface area contributed by atoms with Crippen molar-refractivity contribution in [1.82, 2.24) is 10.2 Å². The molecule has 1 aliphatic rings. The summed E-state index contributed by atoms with van der Waals surface area (Å²) < 4.78 is 13.0. The van der Waals surface area contributed by atoms with Crippen molar-refractivity contribution in [1.29, 1.82) is 0 Å². The lowest BCUT2D eigenvalue weighted by Crippen LogP contribution is -2.46. The summed E-state index contributed by atoms with van der Waals surface area (Å²) in [6.45, 7) is 5.15. The van der Waals surface area contributed by atoms with E-state index in [1.807, 2.05) is 36.9 Å². The monoisotopic (exact) mass is 354 g/mol. The Bertz CT molecular complexity index is 809. The number of hydrogen-bond donors (Lipinski definition) is 1. The van der Waals surface area contributed by atoms with Crippen molar-refractivity contribution in [2.24, 2.45) is 0 Å². The molecule has 1 saturated heterocycles. The van der Waals surface area contributed by atoms with Gasteiger partial charge in [0.2, 0.25) is 0 Å². The van der Waals surface area contributed by atoms with E-state index in [0.29, 0.717) is 31.5 Å². The first-order valence-electron chi connectivity index (χ1n) is 8.87. The zero-order valence-corrected chi connectivity index (χ0v) is 15.1. The molecule has 5 heteroatoms. The lowest BCUT2D eigenvalue weighted by molar-refractivity contribution is 0.0697. The van der Waals surface area contributed by atoms with Gasteiger partial charge in [0, 0.05) is 30.3 Å². The van der Waals surface area contributed by atoms with Crippen LogP contribution in [0.25, 0.3) is 0 Å². The van der Waals surface area contributed by atoms with E-state index in [4.69, 9.17) is 0 Å². The molecule has 0 unspecified atom stereocenters. The first kappa shape index (κ1) is 18.1. The zero-order chi connectivity index (χ0) is 18.7. The molecule has 0 atom stereocenters. The molecule has 2 aromatic carbocycles. The van der Waals surface area contributed by atoms with Crippen molar-refractivity contribution < 1.29 is 14.0 Å². The summed E-state index contributed by atoms with van der Waals surface area (Å²) in [5.74, 6) is -0.515. The Labute approximate surface area is 153 Å². The maximum Gasteiger partial charge on any atom is 0.254 e. The SMILES string of the molecule is Cc1ccc(C)c(C(=O)N2CCC(NC(=O)c3ccc(F)cc3)CC2)c1. The van der Waals surface area contributed by atoms with E-state index in [-0.39, 0.29) is 23.7 Å². The molecule has 0 saturated carbocycles. The highest BCUT2D eigenvalue weighted by Gasteiger charge is 2.25. The van der Waals surface area contributed by atoms with Gasteiger partial charge in [-0.15, -0.1) is 0 Å². The lowest BCUT2D eigenvalue weighted by atomic mass is 10.0. The van der Waals surface area contributed by atoms with E-state index < -0.39 is 0 Å². The third kappa shape index (κ3) is 4.10. The average molecular weight is 354 g/mol. The van der Waals surface area contributed by atoms with Crippen LogP contribution in [0.15, 0.2) is 42.5 Å². The normalized spacial score (nSPS) is 15.0. The fourth-order valence-corrected chi connectivity index (χ4v) is 3.23. The minimum Gasteiger partial charge on any atom is -0.349 e. The van der Waals surface area contributed by atoms with E-state index in [0.717, 1.165) is 16.7 Å². The number of rotatable bonds is 3. The molecule has 0 spiro atoms. The van der Waals surface area contributed by atoms with Crippen LogP contribution in [0, 0.1) is 19.7 Å². The number of benzene rings is 2. The first-order chi connectivity index (χ1) is 12.4. The van der Waals surface area contributed by atoms with Crippen molar-refractivity contribution in [3.8, 4) is 0 Å². The first-order valence-corrected chi connectivity index (χ1v) is 8.87. The number of piperidine rings is 1. The number of hydrogen-bond acceptors (Lipinski definition) is 2. The third-order valence-corrected chi connectivity index (χ3v) is 4.85. The summed E-state index contributed by atoms with van der Waals surface area (Å²) in [5.41, 5.74) is 3.24. The minimum atomic E-state index is -0.361. The molecular formula is C21H23FN2O2. The van der Waals surface area contributed by atoms with E-state index in [1.54, 1.807) is 0 Å². The van der Waals surface area contributed by atoms with Gasteiger partial charge in [0.25, 0.3) is 11.8 Å². The standard InChI is InChI=1S/C21H23FN2O2/c1-14-3-4-15(2)19(13-14)21(26)24-11-9-18(10-12-24)23-20(25)16-5-7-17(22)8-6-16/h3-8,13,18H,9-12H2,1-2H3,(H,23,25). The summed E-state index contributed by atoms with van der Waals surface area (Å²) in [7, 11) is 0. The van der Waals surface area contributed by atoms with Gasteiger partial charge >= 0.3 is 0 Å². The Balaban J connectivity index is 1.57. The van der Waals surface area contributed by atoms with Crippen LogP contribution in [-0.2, 0) is 0 Å². The molecule has 1 fully saturated rings. The van der Waals surface area contributed by atoms with Gasteiger partial charge in [0.1, 0.15) is 5.82 Å². The second kappa shape index (κ2) is 7.68. The Hall–Kier alpha value is -2.69. The Morgan fingerprint density at radius 3 is 2.35 bits per heavy atom. The van der Waals surface area contributed by atoms with Gasteiger partial charge in [-0.05, 0) is 62.6 Å². The summed E-state index contributed by atoms with van der Waals surface area (Å²) in [5, 5.41) is 2.98. The Morgan fingerprint density at radius 1 is 1.04 bits per heavy atom. The average Bonchev–Trinajstić information content (AvgIpc) is 2.64. The van der Waals surface area contributed by atoms with Crippen molar-refractivity contribution in [2.75, 3.05) is 13.1 Å². The van der Waals surface area contributed by atoms with Crippen molar-refractivity contribution in [3.63, 3.8) is 0 Å². The topological polar surface area (TPSA) is 49.4 Å². The quantitative estimate of drug-likeness (QED) is 0.917. The number of nitrogens with one attached hydrogen (secondary N) is 1. The van der Waals surface area contributed by atoms with Gasteiger partial charge in [-0.2, -0.15) is 0 Å². The minimum absolute atomic E-state index is 0.0233. The summed E-state index contributed by atoms with van der Waals surface area (Å²) >= 11 is 0. The van der Waals surface area contributed by atoms with Gasteiger partial charge in [-0.3, -0.25) is 9.59 Å². The second-order valence-corrected chi connectivity index (χ2v) is 6.87. The predicted octanol–water partition coefficient (Wildman–Crippen LogP) is 3.48. The fourth-order valence-electron chi connectivity index (χ4n) is 3.23. The van der Waals surface area contributed by atoms with Gasteiger partial charge in [0.05, 0.1) is 0 Å². The number of carbonyl (C=O) groups excluding carboxylic acids is 2. The maximum absolute atomic E-state index is 13.0. The zero-order valence-electron chi connectivity index (χ0n) is 15.1. The highest BCUT2D eigenvalue weighted by atomic mass is 19.1. The molecular weight excluding hydrogens is 331 g/mol. The highest BCUT2D eigenvalue weighted by Crippen LogP contribution is 2.18. The predicted molar refractivity (Wildman–Crippen MR) is 98.7 cm³/mol. The van der Waals surface area contributed by atoms with E-state index >= 15 is 0 Å². The molecule has 0 aromatic heterocycles. The third-order valence-electron chi connectivity index (χ3n) is 4.85.